The molecule has 2 atom stereocenters. The van der Waals surface area contributed by atoms with E-state index in [4.69, 9.17) is 0 Å². The molecule has 1 N–H and O–H groups in total. The van der Waals surface area contributed by atoms with Crippen molar-refractivity contribution in [2.45, 2.75) is 31.8 Å². The Labute approximate surface area is 146 Å². The van der Waals surface area contributed by atoms with Gasteiger partial charge in [-0.25, -0.2) is 13.4 Å². The molecule has 0 unspecified atom stereocenters. The Morgan fingerprint density at radius 3 is 2.79 bits per heavy atom. The number of thiazole rings is 1. The molecule has 9 heteroatoms. The fraction of sp³-hybridized carbons (Fsp3) is 0.733. The van der Waals surface area contributed by atoms with Crippen molar-refractivity contribution in [1.82, 2.24) is 14.8 Å². The van der Waals surface area contributed by atoms with Gasteiger partial charge in [-0.1, -0.05) is 0 Å². The van der Waals surface area contributed by atoms with Crippen LogP contribution in [-0.2, 0) is 21.1 Å². The molecule has 0 saturated carbocycles. The SMILES string of the molecule is Cc1ncsc1CCC(=O)N1CCN(CCO)[C@@H]2CS(=O)(=O)C[C@@H]21. The van der Waals surface area contributed by atoms with E-state index in [2.05, 4.69) is 4.98 Å². The number of aliphatic hydroxyl groups is 1. The Hall–Kier alpha value is -1.03. The standard InChI is InChI=1S/C15H23N3O4S2/c1-11-14(23-10-16-11)2-3-15(20)18-5-4-17(6-7-19)12-8-24(21,22)9-13(12)18/h10,12-13,19H,2-9H2,1H3/t12-,13+/m1/s1. The first-order valence-electron chi connectivity index (χ1n) is 8.15. The topological polar surface area (TPSA) is 90.8 Å². The van der Waals surface area contributed by atoms with Crippen molar-refractivity contribution in [2.75, 3.05) is 37.7 Å². The molecule has 134 valence electrons. The Morgan fingerprint density at radius 1 is 1.38 bits per heavy atom. The molecule has 3 rings (SSSR count). The summed E-state index contributed by atoms with van der Waals surface area (Å²) in [6.07, 6.45) is 1.03. The van der Waals surface area contributed by atoms with Crippen molar-refractivity contribution in [3.63, 3.8) is 0 Å². The quantitative estimate of drug-likeness (QED) is 0.761. The second-order valence-corrected chi connectivity index (χ2v) is 9.51. The lowest BCUT2D eigenvalue weighted by Crippen LogP contribution is -2.61. The van der Waals surface area contributed by atoms with Crippen LogP contribution in [0.1, 0.15) is 17.0 Å². The third kappa shape index (κ3) is 3.63. The van der Waals surface area contributed by atoms with Gasteiger partial charge in [0.05, 0.1) is 35.4 Å². The number of hydrogen-bond donors (Lipinski definition) is 1. The number of rotatable bonds is 5. The van der Waals surface area contributed by atoms with E-state index in [1.54, 1.807) is 21.7 Å². The van der Waals surface area contributed by atoms with Gasteiger partial charge in [-0.15, -0.1) is 11.3 Å². The maximum absolute atomic E-state index is 12.7. The summed E-state index contributed by atoms with van der Waals surface area (Å²) in [5.41, 5.74) is 2.74. The second kappa shape index (κ2) is 7.07. The van der Waals surface area contributed by atoms with Crippen molar-refractivity contribution in [2.24, 2.45) is 0 Å². The molecule has 24 heavy (non-hydrogen) atoms. The van der Waals surface area contributed by atoms with Gasteiger partial charge in [-0.3, -0.25) is 9.69 Å². The largest absolute Gasteiger partial charge is 0.395 e. The van der Waals surface area contributed by atoms with Crippen molar-refractivity contribution in [1.29, 1.82) is 0 Å². The van der Waals surface area contributed by atoms with Gasteiger partial charge >= 0.3 is 0 Å². The number of carbonyl (C=O) groups excluding carboxylic acids is 1. The number of aromatic nitrogens is 1. The highest BCUT2D eigenvalue weighted by molar-refractivity contribution is 7.91. The summed E-state index contributed by atoms with van der Waals surface area (Å²) < 4.78 is 24.1. The van der Waals surface area contributed by atoms with Crippen molar-refractivity contribution >= 4 is 27.1 Å². The molecule has 1 aromatic heterocycles. The fourth-order valence-corrected chi connectivity index (χ4v) is 6.46. The highest BCUT2D eigenvalue weighted by atomic mass is 32.2. The molecule has 2 saturated heterocycles. The van der Waals surface area contributed by atoms with Gasteiger partial charge in [0.1, 0.15) is 0 Å². The minimum Gasteiger partial charge on any atom is -0.395 e. The summed E-state index contributed by atoms with van der Waals surface area (Å²) in [5, 5.41) is 9.18. The molecule has 2 aliphatic heterocycles. The first kappa shape index (κ1) is 17.8. The van der Waals surface area contributed by atoms with Crippen LogP contribution in [0.25, 0.3) is 0 Å². The zero-order chi connectivity index (χ0) is 17.3. The minimum atomic E-state index is -3.14. The third-order valence-electron chi connectivity index (χ3n) is 4.91. The summed E-state index contributed by atoms with van der Waals surface area (Å²) in [4.78, 5) is 21.7. The number of nitrogens with zero attached hydrogens (tertiary/aromatic N) is 3. The van der Waals surface area contributed by atoms with Crippen LogP contribution in [-0.4, -0.2) is 84.0 Å². The number of aliphatic hydroxyl groups excluding tert-OH is 1. The van der Waals surface area contributed by atoms with Crippen LogP contribution in [0.4, 0.5) is 0 Å². The molecule has 1 amide bonds. The molecule has 0 bridgehead atoms. The van der Waals surface area contributed by atoms with Gasteiger partial charge in [0.2, 0.25) is 5.91 Å². The third-order valence-corrected chi connectivity index (χ3v) is 7.60. The summed E-state index contributed by atoms with van der Waals surface area (Å²) in [6.45, 7) is 3.53. The Kier molecular flexibility index (Phi) is 5.24. The van der Waals surface area contributed by atoms with Crippen LogP contribution in [0.3, 0.4) is 0 Å². The van der Waals surface area contributed by atoms with E-state index in [0.29, 0.717) is 32.5 Å². The number of amides is 1. The molecule has 3 heterocycles. The molecule has 1 aromatic rings. The molecule has 2 fully saturated rings. The Balaban J connectivity index is 1.69. The van der Waals surface area contributed by atoms with E-state index in [-0.39, 0.29) is 36.1 Å². The summed E-state index contributed by atoms with van der Waals surface area (Å²) in [7, 11) is -3.14. The summed E-state index contributed by atoms with van der Waals surface area (Å²) in [6, 6.07) is -0.477. The van der Waals surface area contributed by atoms with Crippen LogP contribution >= 0.6 is 11.3 Å². The predicted molar refractivity (Wildman–Crippen MR) is 91.8 cm³/mol. The number of aryl methyl sites for hydroxylation is 2. The van der Waals surface area contributed by atoms with Crippen LogP contribution in [0.5, 0.6) is 0 Å². The molecular weight excluding hydrogens is 350 g/mol. The maximum Gasteiger partial charge on any atom is 0.223 e. The van der Waals surface area contributed by atoms with E-state index in [9.17, 15) is 18.3 Å². The first-order chi connectivity index (χ1) is 11.4. The van der Waals surface area contributed by atoms with E-state index in [1.165, 1.54) is 0 Å². The van der Waals surface area contributed by atoms with E-state index in [0.717, 1.165) is 10.6 Å². The zero-order valence-electron chi connectivity index (χ0n) is 13.7. The predicted octanol–water partition coefficient (Wildman–Crippen LogP) is -0.314. The molecular formula is C15H23N3O4S2. The lowest BCUT2D eigenvalue weighted by atomic mass is 10.0. The Morgan fingerprint density at radius 2 is 2.12 bits per heavy atom. The van der Waals surface area contributed by atoms with E-state index in [1.807, 2.05) is 11.8 Å². The number of fused-ring (bicyclic) bond motifs is 1. The van der Waals surface area contributed by atoms with E-state index < -0.39 is 9.84 Å². The average molecular weight is 374 g/mol. The molecule has 0 spiro atoms. The van der Waals surface area contributed by atoms with Gasteiger partial charge < -0.3 is 10.0 Å². The van der Waals surface area contributed by atoms with Crippen LogP contribution in [0.2, 0.25) is 0 Å². The molecule has 0 aromatic carbocycles. The van der Waals surface area contributed by atoms with Gasteiger partial charge in [-0.05, 0) is 13.3 Å². The van der Waals surface area contributed by atoms with Crippen LogP contribution < -0.4 is 0 Å². The van der Waals surface area contributed by atoms with Gasteiger partial charge in [0.25, 0.3) is 0 Å². The first-order valence-corrected chi connectivity index (χ1v) is 10.8. The number of carbonyl (C=O) groups is 1. The van der Waals surface area contributed by atoms with Crippen molar-refractivity contribution < 1.29 is 18.3 Å². The van der Waals surface area contributed by atoms with Crippen molar-refractivity contribution in [3.8, 4) is 0 Å². The number of β-amino-alcohol motifs (C(OH)–C–C–N with tert-alkyl or cyclic N) is 1. The number of sulfone groups is 1. The lowest BCUT2D eigenvalue weighted by Gasteiger charge is -2.43. The number of piperazine rings is 1. The van der Waals surface area contributed by atoms with Gasteiger partial charge in [0, 0.05) is 37.0 Å². The smallest absolute Gasteiger partial charge is 0.223 e. The zero-order valence-corrected chi connectivity index (χ0v) is 15.4. The Bertz CT molecular complexity index is 703. The molecule has 7 nitrogen and oxygen atoms in total. The van der Waals surface area contributed by atoms with Gasteiger partial charge in [-0.2, -0.15) is 0 Å². The van der Waals surface area contributed by atoms with Crippen molar-refractivity contribution in [3.05, 3.63) is 16.1 Å². The van der Waals surface area contributed by atoms with Crippen LogP contribution in [0.15, 0.2) is 5.51 Å². The molecule has 0 radical (unpaired) electrons. The summed E-state index contributed by atoms with van der Waals surface area (Å²) in [5.74, 6) is 0.124. The second-order valence-electron chi connectivity index (χ2n) is 6.42. The summed E-state index contributed by atoms with van der Waals surface area (Å²) >= 11 is 1.55. The monoisotopic (exact) mass is 373 g/mol. The number of hydrogen-bond acceptors (Lipinski definition) is 7. The average Bonchev–Trinajstić information content (AvgIpc) is 3.07. The minimum absolute atomic E-state index is 0.00185. The highest BCUT2D eigenvalue weighted by Crippen LogP contribution is 2.27. The lowest BCUT2D eigenvalue weighted by molar-refractivity contribution is -0.137. The highest BCUT2D eigenvalue weighted by Gasteiger charge is 2.47. The van der Waals surface area contributed by atoms with Crippen LogP contribution in [0, 0.1) is 6.92 Å². The van der Waals surface area contributed by atoms with Gasteiger partial charge in [0.15, 0.2) is 9.84 Å². The fourth-order valence-electron chi connectivity index (χ4n) is 3.67. The molecule has 0 aliphatic carbocycles. The molecule has 2 aliphatic rings. The normalized spacial score (nSPS) is 26.5. The van der Waals surface area contributed by atoms with E-state index >= 15 is 0 Å². The maximum atomic E-state index is 12.7.